The third kappa shape index (κ3) is 5.01. The van der Waals surface area contributed by atoms with Crippen molar-refractivity contribution in [2.24, 2.45) is 5.92 Å². The van der Waals surface area contributed by atoms with Gasteiger partial charge in [-0.15, -0.1) is 0 Å². The Morgan fingerprint density at radius 1 is 1.03 bits per heavy atom. The van der Waals surface area contributed by atoms with Gasteiger partial charge in [0.2, 0.25) is 0 Å². The van der Waals surface area contributed by atoms with Crippen LogP contribution in [-0.4, -0.2) is 41.4 Å². The molecule has 6 heteroatoms. The number of carbonyl (C=O) groups excluding carboxylic acids is 1. The van der Waals surface area contributed by atoms with E-state index in [9.17, 15) is 13.6 Å². The maximum atomic E-state index is 13.8. The topological polar surface area (TPSA) is 36.7 Å². The first-order valence-corrected chi connectivity index (χ1v) is 11.6. The SMILES string of the molecule is Cc1ccc(CN2C[C@H](CN(C(=O)c3cccc(F)c3)C3CC3)[C@H](c3ccc(F)cc3)C2)o1. The molecule has 1 aliphatic heterocycles. The van der Waals surface area contributed by atoms with Crippen molar-refractivity contribution in [1.82, 2.24) is 9.80 Å². The zero-order valence-electron chi connectivity index (χ0n) is 18.7. The average molecular weight is 451 g/mol. The number of aryl methyl sites for hydroxylation is 1. The van der Waals surface area contributed by atoms with E-state index in [0.717, 1.165) is 43.0 Å². The van der Waals surface area contributed by atoms with Crippen LogP contribution in [0.5, 0.6) is 0 Å². The van der Waals surface area contributed by atoms with E-state index in [1.165, 1.54) is 24.3 Å². The third-order valence-electron chi connectivity index (χ3n) is 6.74. The Morgan fingerprint density at radius 2 is 1.82 bits per heavy atom. The van der Waals surface area contributed by atoms with Gasteiger partial charge < -0.3 is 9.32 Å². The summed E-state index contributed by atoms with van der Waals surface area (Å²) >= 11 is 0. The second-order valence-corrected chi connectivity index (χ2v) is 9.32. The highest BCUT2D eigenvalue weighted by atomic mass is 19.1. The minimum Gasteiger partial charge on any atom is -0.465 e. The van der Waals surface area contributed by atoms with Gasteiger partial charge in [-0.1, -0.05) is 18.2 Å². The largest absolute Gasteiger partial charge is 0.465 e. The van der Waals surface area contributed by atoms with Gasteiger partial charge in [0.25, 0.3) is 5.91 Å². The van der Waals surface area contributed by atoms with Crippen LogP contribution in [0.3, 0.4) is 0 Å². The molecule has 1 aliphatic carbocycles. The summed E-state index contributed by atoms with van der Waals surface area (Å²) < 4.78 is 33.1. The van der Waals surface area contributed by atoms with Crippen molar-refractivity contribution in [1.29, 1.82) is 0 Å². The number of likely N-dealkylation sites (tertiary alicyclic amines) is 1. The molecule has 172 valence electrons. The summed E-state index contributed by atoms with van der Waals surface area (Å²) in [7, 11) is 0. The van der Waals surface area contributed by atoms with Gasteiger partial charge in [0.05, 0.1) is 6.54 Å². The lowest BCUT2D eigenvalue weighted by molar-refractivity contribution is 0.0710. The van der Waals surface area contributed by atoms with Crippen LogP contribution in [0.4, 0.5) is 8.78 Å². The van der Waals surface area contributed by atoms with E-state index in [2.05, 4.69) is 4.90 Å². The van der Waals surface area contributed by atoms with Crippen LogP contribution in [0.15, 0.2) is 65.1 Å². The standard InChI is InChI=1S/C27H28F2N2O2/c1-18-5-12-25(33-18)16-30-14-21(26(17-30)19-6-8-22(28)9-7-19)15-31(24-10-11-24)27(32)20-3-2-4-23(29)13-20/h2-9,12-13,21,24,26H,10-11,14-17H2,1H3/t21-,26+/m1/s1. The fraction of sp³-hybridized carbons (Fsp3) is 0.370. The van der Waals surface area contributed by atoms with Gasteiger partial charge in [-0.25, -0.2) is 8.78 Å². The highest BCUT2D eigenvalue weighted by Crippen LogP contribution is 2.37. The Bertz CT molecular complexity index is 1120. The molecule has 33 heavy (non-hydrogen) atoms. The predicted molar refractivity (Wildman–Crippen MR) is 122 cm³/mol. The molecule has 4 nitrogen and oxygen atoms in total. The van der Waals surface area contributed by atoms with Crippen LogP contribution < -0.4 is 0 Å². The lowest BCUT2D eigenvalue weighted by Gasteiger charge is -2.29. The molecular weight excluding hydrogens is 422 g/mol. The smallest absolute Gasteiger partial charge is 0.254 e. The number of hydrogen-bond acceptors (Lipinski definition) is 3. The number of furan rings is 1. The Balaban J connectivity index is 1.38. The minimum atomic E-state index is -0.401. The summed E-state index contributed by atoms with van der Waals surface area (Å²) in [5.74, 6) is 1.39. The van der Waals surface area contributed by atoms with E-state index < -0.39 is 5.82 Å². The Labute approximate surface area is 192 Å². The molecule has 0 radical (unpaired) electrons. The first-order valence-electron chi connectivity index (χ1n) is 11.6. The van der Waals surface area contributed by atoms with Gasteiger partial charge in [-0.2, -0.15) is 0 Å². The molecule has 1 saturated heterocycles. The van der Waals surface area contributed by atoms with Crippen LogP contribution in [-0.2, 0) is 6.54 Å². The minimum absolute atomic E-state index is 0.116. The van der Waals surface area contributed by atoms with Crippen LogP contribution in [0.2, 0.25) is 0 Å². The fourth-order valence-corrected chi connectivity index (χ4v) is 4.98. The van der Waals surface area contributed by atoms with Gasteiger partial charge in [-0.3, -0.25) is 9.69 Å². The van der Waals surface area contributed by atoms with E-state index in [-0.39, 0.29) is 29.6 Å². The predicted octanol–water partition coefficient (Wildman–Crippen LogP) is 5.39. The maximum absolute atomic E-state index is 13.8. The van der Waals surface area contributed by atoms with Crippen molar-refractivity contribution >= 4 is 5.91 Å². The van der Waals surface area contributed by atoms with Crippen molar-refractivity contribution in [3.05, 3.63) is 94.9 Å². The van der Waals surface area contributed by atoms with Gasteiger partial charge in [0.1, 0.15) is 23.2 Å². The number of rotatable bonds is 7. The van der Waals surface area contributed by atoms with E-state index >= 15 is 0 Å². The molecule has 2 heterocycles. The summed E-state index contributed by atoms with van der Waals surface area (Å²) in [5, 5.41) is 0. The molecule has 1 saturated carbocycles. The molecule has 1 amide bonds. The molecular formula is C27H28F2N2O2. The number of carbonyl (C=O) groups is 1. The summed E-state index contributed by atoms with van der Waals surface area (Å²) in [6, 6.07) is 16.8. The average Bonchev–Trinajstić information content (AvgIpc) is 3.45. The molecule has 3 aromatic rings. The molecule has 0 spiro atoms. The number of nitrogens with zero attached hydrogens (tertiary/aromatic N) is 2. The fourth-order valence-electron chi connectivity index (χ4n) is 4.98. The first-order chi connectivity index (χ1) is 16.0. The Kier molecular flexibility index (Phi) is 6.02. The van der Waals surface area contributed by atoms with Crippen molar-refractivity contribution in [2.45, 2.75) is 38.3 Å². The number of amides is 1. The number of halogens is 2. The highest BCUT2D eigenvalue weighted by Gasteiger charge is 2.40. The van der Waals surface area contributed by atoms with Gasteiger partial charge in [-0.05, 0) is 73.7 Å². The van der Waals surface area contributed by atoms with Crippen LogP contribution >= 0.6 is 0 Å². The first kappa shape index (κ1) is 21.8. The molecule has 5 rings (SSSR count). The second-order valence-electron chi connectivity index (χ2n) is 9.32. The van der Waals surface area contributed by atoms with E-state index in [1.807, 2.05) is 36.1 Å². The highest BCUT2D eigenvalue weighted by molar-refractivity contribution is 5.94. The lowest BCUT2D eigenvalue weighted by atomic mass is 9.88. The summed E-state index contributed by atoms with van der Waals surface area (Å²) in [4.78, 5) is 17.6. The van der Waals surface area contributed by atoms with Crippen LogP contribution in [0.1, 0.15) is 46.2 Å². The van der Waals surface area contributed by atoms with E-state index in [0.29, 0.717) is 18.7 Å². The maximum Gasteiger partial charge on any atom is 0.254 e. The Hall–Kier alpha value is -2.99. The van der Waals surface area contributed by atoms with Gasteiger partial charge in [0.15, 0.2) is 0 Å². The van der Waals surface area contributed by atoms with Crippen molar-refractivity contribution in [3.63, 3.8) is 0 Å². The molecule has 2 aromatic carbocycles. The second kappa shape index (κ2) is 9.10. The monoisotopic (exact) mass is 450 g/mol. The van der Waals surface area contributed by atoms with E-state index in [1.54, 1.807) is 12.1 Å². The van der Waals surface area contributed by atoms with Crippen molar-refractivity contribution in [2.75, 3.05) is 19.6 Å². The number of hydrogen-bond donors (Lipinski definition) is 0. The number of benzene rings is 2. The zero-order valence-corrected chi connectivity index (χ0v) is 18.7. The summed E-state index contributed by atoms with van der Waals surface area (Å²) in [5.41, 5.74) is 1.47. The molecule has 2 fully saturated rings. The van der Waals surface area contributed by atoms with Crippen LogP contribution in [0, 0.1) is 24.5 Å². The van der Waals surface area contributed by atoms with Crippen molar-refractivity contribution in [3.8, 4) is 0 Å². The normalized spacial score (nSPS) is 20.8. The van der Waals surface area contributed by atoms with E-state index in [4.69, 9.17) is 4.42 Å². The molecule has 2 aliphatic rings. The molecule has 0 N–H and O–H groups in total. The van der Waals surface area contributed by atoms with Gasteiger partial charge >= 0.3 is 0 Å². The zero-order chi connectivity index (χ0) is 22.9. The third-order valence-corrected chi connectivity index (χ3v) is 6.74. The van der Waals surface area contributed by atoms with Crippen molar-refractivity contribution < 1.29 is 18.0 Å². The van der Waals surface area contributed by atoms with Crippen LogP contribution in [0.25, 0.3) is 0 Å². The molecule has 0 unspecified atom stereocenters. The summed E-state index contributed by atoms with van der Waals surface area (Å²) in [6.07, 6.45) is 1.95. The Morgan fingerprint density at radius 3 is 2.48 bits per heavy atom. The lowest BCUT2D eigenvalue weighted by Crippen LogP contribution is -2.39. The summed E-state index contributed by atoms with van der Waals surface area (Å²) in [6.45, 7) is 4.84. The molecule has 1 aromatic heterocycles. The van der Waals surface area contributed by atoms with Gasteiger partial charge in [0, 0.05) is 37.2 Å². The molecule has 2 atom stereocenters. The molecule has 0 bridgehead atoms. The quantitative estimate of drug-likeness (QED) is 0.485.